The first-order valence-electron chi connectivity index (χ1n) is 8.00. The number of aliphatic hydroxyl groups is 1. The van der Waals surface area contributed by atoms with Gasteiger partial charge in [-0.2, -0.15) is 0 Å². The molecule has 114 valence electrons. The molecule has 1 unspecified atom stereocenters. The number of amides is 1. The Kier molecular flexibility index (Phi) is 4.56. The van der Waals surface area contributed by atoms with Gasteiger partial charge in [-0.05, 0) is 49.4 Å². The van der Waals surface area contributed by atoms with E-state index in [1.165, 1.54) is 12.8 Å². The Bertz CT molecular complexity index is 497. The van der Waals surface area contributed by atoms with Gasteiger partial charge in [-0.25, -0.2) is 0 Å². The van der Waals surface area contributed by atoms with Crippen LogP contribution in [0.1, 0.15) is 42.9 Å². The molecule has 4 nitrogen and oxygen atoms in total. The zero-order valence-electron chi connectivity index (χ0n) is 12.3. The maximum Gasteiger partial charge on any atom is 0.220 e. The smallest absolute Gasteiger partial charge is 0.220 e. The third-order valence-corrected chi connectivity index (χ3v) is 4.70. The Balaban J connectivity index is 1.52. The first kappa shape index (κ1) is 14.5. The molecule has 0 aromatic heterocycles. The van der Waals surface area contributed by atoms with Crippen LogP contribution in [0.4, 0.5) is 0 Å². The standard InChI is InChI=1S/C17H24N2O2/c20-15-10-13-5-1-2-6-14(13)17(15)19-16(21)8-7-12-4-3-9-18-11-12/h1-2,5-6,12,15,17-18,20H,3-4,7-11H2,(H,19,21)/t12?,15-,17+/m0/s1. The quantitative estimate of drug-likeness (QED) is 0.787. The molecule has 21 heavy (non-hydrogen) atoms. The van der Waals surface area contributed by atoms with Crippen LogP contribution in [-0.4, -0.2) is 30.2 Å². The van der Waals surface area contributed by atoms with Crippen molar-refractivity contribution in [1.82, 2.24) is 10.6 Å². The number of carbonyl (C=O) groups excluding carboxylic acids is 1. The zero-order chi connectivity index (χ0) is 14.7. The topological polar surface area (TPSA) is 61.4 Å². The highest BCUT2D eigenvalue weighted by Crippen LogP contribution is 2.31. The number of hydrogen-bond donors (Lipinski definition) is 3. The van der Waals surface area contributed by atoms with Gasteiger partial charge in [-0.1, -0.05) is 24.3 Å². The molecule has 1 heterocycles. The minimum Gasteiger partial charge on any atom is -0.390 e. The number of aliphatic hydroxyl groups excluding tert-OH is 1. The average Bonchev–Trinajstić information content (AvgIpc) is 2.82. The van der Waals surface area contributed by atoms with Gasteiger partial charge in [0.25, 0.3) is 0 Å². The van der Waals surface area contributed by atoms with Crippen LogP contribution in [0.25, 0.3) is 0 Å². The van der Waals surface area contributed by atoms with E-state index in [1.54, 1.807) is 0 Å². The van der Waals surface area contributed by atoms with Crippen LogP contribution in [0.2, 0.25) is 0 Å². The summed E-state index contributed by atoms with van der Waals surface area (Å²) in [6.07, 6.45) is 4.05. The van der Waals surface area contributed by atoms with E-state index < -0.39 is 6.10 Å². The SMILES string of the molecule is O=C(CCC1CCCNC1)N[C@@H]1c2ccccc2C[C@@H]1O. The van der Waals surface area contributed by atoms with Crippen molar-refractivity contribution >= 4 is 5.91 Å². The Hall–Kier alpha value is -1.39. The van der Waals surface area contributed by atoms with Crippen LogP contribution >= 0.6 is 0 Å². The molecule has 3 N–H and O–H groups in total. The van der Waals surface area contributed by atoms with Crippen molar-refractivity contribution in [1.29, 1.82) is 0 Å². The van der Waals surface area contributed by atoms with Crippen LogP contribution in [0.3, 0.4) is 0 Å². The molecule has 1 aliphatic carbocycles. The maximum absolute atomic E-state index is 12.2. The van der Waals surface area contributed by atoms with E-state index in [0.29, 0.717) is 18.8 Å². The van der Waals surface area contributed by atoms with Crippen molar-refractivity contribution in [3.05, 3.63) is 35.4 Å². The van der Waals surface area contributed by atoms with Gasteiger partial charge in [0.1, 0.15) is 0 Å². The summed E-state index contributed by atoms with van der Waals surface area (Å²) in [5.41, 5.74) is 2.21. The zero-order valence-corrected chi connectivity index (χ0v) is 12.3. The van der Waals surface area contributed by atoms with E-state index in [4.69, 9.17) is 0 Å². The largest absolute Gasteiger partial charge is 0.390 e. The van der Waals surface area contributed by atoms with Crippen LogP contribution in [0, 0.1) is 5.92 Å². The van der Waals surface area contributed by atoms with Gasteiger partial charge >= 0.3 is 0 Å². The second-order valence-electron chi connectivity index (χ2n) is 6.27. The van der Waals surface area contributed by atoms with E-state index in [1.807, 2.05) is 24.3 Å². The van der Waals surface area contributed by atoms with Crippen molar-refractivity contribution in [3.8, 4) is 0 Å². The molecule has 3 atom stereocenters. The summed E-state index contributed by atoms with van der Waals surface area (Å²) in [4.78, 5) is 12.2. The lowest BCUT2D eigenvalue weighted by Crippen LogP contribution is -2.35. The molecule has 1 aliphatic heterocycles. The van der Waals surface area contributed by atoms with E-state index in [9.17, 15) is 9.90 Å². The second kappa shape index (κ2) is 6.58. The van der Waals surface area contributed by atoms with Crippen molar-refractivity contribution in [2.45, 2.75) is 44.2 Å². The maximum atomic E-state index is 12.2. The van der Waals surface area contributed by atoms with Gasteiger partial charge in [0, 0.05) is 12.8 Å². The molecule has 1 fully saturated rings. The summed E-state index contributed by atoms with van der Waals surface area (Å²) >= 11 is 0. The predicted molar refractivity (Wildman–Crippen MR) is 81.9 cm³/mol. The molecular formula is C17H24N2O2. The molecule has 1 aromatic rings. The molecule has 1 aromatic carbocycles. The molecule has 0 bridgehead atoms. The molecule has 1 saturated heterocycles. The lowest BCUT2D eigenvalue weighted by Gasteiger charge is -2.23. The predicted octanol–water partition coefficient (Wildman–Crippen LogP) is 1.54. The molecule has 0 radical (unpaired) electrons. The number of piperidine rings is 1. The number of carbonyl (C=O) groups is 1. The first-order valence-corrected chi connectivity index (χ1v) is 8.00. The Morgan fingerprint density at radius 1 is 1.38 bits per heavy atom. The Morgan fingerprint density at radius 2 is 2.24 bits per heavy atom. The first-order chi connectivity index (χ1) is 10.2. The average molecular weight is 288 g/mol. The number of hydrogen-bond acceptors (Lipinski definition) is 3. The number of fused-ring (bicyclic) bond motifs is 1. The molecule has 0 saturated carbocycles. The Labute approximate surface area is 125 Å². The van der Waals surface area contributed by atoms with Crippen molar-refractivity contribution in [2.75, 3.05) is 13.1 Å². The summed E-state index contributed by atoms with van der Waals surface area (Å²) < 4.78 is 0. The van der Waals surface area contributed by atoms with Crippen LogP contribution in [0.5, 0.6) is 0 Å². The third kappa shape index (κ3) is 3.44. The van der Waals surface area contributed by atoms with Crippen LogP contribution in [0.15, 0.2) is 24.3 Å². The lowest BCUT2D eigenvalue weighted by molar-refractivity contribution is -0.122. The highest BCUT2D eigenvalue weighted by molar-refractivity contribution is 5.76. The fraction of sp³-hybridized carbons (Fsp3) is 0.588. The van der Waals surface area contributed by atoms with Crippen LogP contribution < -0.4 is 10.6 Å². The highest BCUT2D eigenvalue weighted by atomic mass is 16.3. The van der Waals surface area contributed by atoms with Gasteiger partial charge in [-0.3, -0.25) is 4.79 Å². The van der Waals surface area contributed by atoms with E-state index >= 15 is 0 Å². The molecule has 3 rings (SSSR count). The monoisotopic (exact) mass is 288 g/mol. The van der Waals surface area contributed by atoms with Crippen molar-refractivity contribution < 1.29 is 9.90 Å². The van der Waals surface area contributed by atoms with Crippen molar-refractivity contribution in [2.24, 2.45) is 5.92 Å². The number of rotatable bonds is 4. The molecule has 1 amide bonds. The summed E-state index contributed by atoms with van der Waals surface area (Å²) in [7, 11) is 0. The van der Waals surface area contributed by atoms with E-state index in [2.05, 4.69) is 10.6 Å². The fourth-order valence-electron chi connectivity index (χ4n) is 3.50. The summed E-state index contributed by atoms with van der Waals surface area (Å²) in [6.45, 7) is 2.13. The van der Waals surface area contributed by atoms with Crippen LogP contribution in [-0.2, 0) is 11.2 Å². The fourth-order valence-corrected chi connectivity index (χ4v) is 3.50. The Morgan fingerprint density at radius 3 is 3.05 bits per heavy atom. The number of nitrogens with one attached hydrogen (secondary N) is 2. The minimum absolute atomic E-state index is 0.0568. The molecule has 4 heteroatoms. The summed E-state index contributed by atoms with van der Waals surface area (Å²) in [5.74, 6) is 0.673. The van der Waals surface area contributed by atoms with Gasteiger partial charge in [-0.15, -0.1) is 0 Å². The van der Waals surface area contributed by atoms with E-state index in [-0.39, 0.29) is 11.9 Å². The highest BCUT2D eigenvalue weighted by Gasteiger charge is 2.31. The van der Waals surface area contributed by atoms with Gasteiger partial charge in [0.05, 0.1) is 12.1 Å². The molecular weight excluding hydrogens is 264 g/mol. The minimum atomic E-state index is -0.498. The molecule has 2 aliphatic rings. The normalized spacial score (nSPS) is 28.1. The molecule has 0 spiro atoms. The van der Waals surface area contributed by atoms with Gasteiger partial charge in [0.2, 0.25) is 5.91 Å². The van der Waals surface area contributed by atoms with Crippen molar-refractivity contribution in [3.63, 3.8) is 0 Å². The number of benzene rings is 1. The van der Waals surface area contributed by atoms with Gasteiger partial charge in [0.15, 0.2) is 0 Å². The van der Waals surface area contributed by atoms with Gasteiger partial charge < -0.3 is 15.7 Å². The third-order valence-electron chi connectivity index (χ3n) is 4.70. The lowest BCUT2D eigenvalue weighted by atomic mass is 9.94. The second-order valence-corrected chi connectivity index (χ2v) is 6.27. The summed E-state index contributed by atoms with van der Waals surface area (Å²) in [6, 6.07) is 7.73. The summed E-state index contributed by atoms with van der Waals surface area (Å²) in [5, 5.41) is 16.5. The van der Waals surface area contributed by atoms with E-state index in [0.717, 1.165) is 30.6 Å².